The predicted octanol–water partition coefficient (Wildman–Crippen LogP) is 1.55. The molecule has 3 nitrogen and oxygen atoms in total. The number of rotatable bonds is 7. The van der Waals surface area contributed by atoms with Gasteiger partial charge in [-0.3, -0.25) is 4.79 Å². The lowest BCUT2D eigenvalue weighted by Gasteiger charge is -2.12. The molecule has 1 aliphatic rings. The van der Waals surface area contributed by atoms with Gasteiger partial charge in [0.15, 0.2) is 0 Å². The maximum Gasteiger partial charge on any atom is 0.246 e. The van der Waals surface area contributed by atoms with Crippen molar-refractivity contribution in [3.05, 3.63) is 0 Å². The van der Waals surface area contributed by atoms with Crippen LogP contribution < -0.4 is 5.32 Å². The van der Waals surface area contributed by atoms with Gasteiger partial charge in [-0.2, -0.15) is 0 Å². The highest BCUT2D eigenvalue weighted by Gasteiger charge is 2.41. The summed E-state index contributed by atoms with van der Waals surface area (Å²) in [6.07, 6.45) is 3.21. The van der Waals surface area contributed by atoms with Crippen LogP contribution in [0.25, 0.3) is 0 Å². The average molecular weight is 220 g/mol. The molecular formula is C10H18ClNO2. The van der Waals surface area contributed by atoms with Crippen LogP contribution in [0.15, 0.2) is 0 Å². The zero-order valence-electron chi connectivity index (χ0n) is 8.64. The highest BCUT2D eigenvalue weighted by atomic mass is 35.5. The van der Waals surface area contributed by atoms with E-state index in [1.807, 2.05) is 6.92 Å². The first-order valence-electron chi connectivity index (χ1n) is 5.13. The van der Waals surface area contributed by atoms with Crippen molar-refractivity contribution in [3.8, 4) is 0 Å². The Balaban J connectivity index is 2.03. The maximum absolute atomic E-state index is 11.2. The summed E-state index contributed by atoms with van der Waals surface area (Å²) >= 11 is 5.78. The van der Waals surface area contributed by atoms with Crippen LogP contribution in [0.2, 0.25) is 0 Å². The van der Waals surface area contributed by atoms with E-state index in [2.05, 4.69) is 5.32 Å². The molecule has 0 aromatic rings. The minimum absolute atomic E-state index is 0.0326. The molecule has 1 amide bonds. The molecule has 0 spiro atoms. The Hall–Kier alpha value is -0.280. The van der Waals surface area contributed by atoms with E-state index < -0.39 is 0 Å². The number of nitrogens with one attached hydrogen (secondary N) is 1. The summed E-state index contributed by atoms with van der Waals surface area (Å²) in [6, 6.07) is 0. The summed E-state index contributed by atoms with van der Waals surface area (Å²) in [7, 11) is 0. The third-order valence-electron chi connectivity index (χ3n) is 2.48. The van der Waals surface area contributed by atoms with Gasteiger partial charge in [0.1, 0.15) is 6.61 Å². The molecule has 1 fully saturated rings. The van der Waals surface area contributed by atoms with E-state index >= 15 is 0 Å². The molecule has 0 radical (unpaired) electrons. The number of carbonyl (C=O) groups is 1. The number of amides is 1. The number of carbonyl (C=O) groups excluding carboxylic acids is 1. The fraction of sp³-hybridized carbons (Fsp3) is 0.900. The van der Waals surface area contributed by atoms with Gasteiger partial charge in [-0.1, -0.05) is 6.92 Å². The average Bonchev–Trinajstić information content (AvgIpc) is 2.96. The van der Waals surface area contributed by atoms with E-state index in [4.69, 9.17) is 16.3 Å². The largest absolute Gasteiger partial charge is 0.372 e. The van der Waals surface area contributed by atoms with Crippen molar-refractivity contribution < 1.29 is 9.53 Å². The number of alkyl halides is 1. The minimum atomic E-state index is -0.0326. The van der Waals surface area contributed by atoms with Crippen molar-refractivity contribution in [2.45, 2.75) is 26.2 Å². The van der Waals surface area contributed by atoms with E-state index in [9.17, 15) is 4.79 Å². The topological polar surface area (TPSA) is 38.3 Å². The highest BCUT2D eigenvalue weighted by molar-refractivity contribution is 6.18. The molecule has 0 aliphatic heterocycles. The van der Waals surface area contributed by atoms with Gasteiger partial charge in [0, 0.05) is 24.4 Å². The first kappa shape index (κ1) is 11.8. The van der Waals surface area contributed by atoms with Crippen LogP contribution in [-0.4, -0.2) is 31.5 Å². The van der Waals surface area contributed by atoms with Gasteiger partial charge in [-0.05, 0) is 19.3 Å². The van der Waals surface area contributed by atoms with Crippen molar-refractivity contribution in [1.29, 1.82) is 0 Å². The van der Waals surface area contributed by atoms with Gasteiger partial charge in [-0.15, -0.1) is 11.6 Å². The molecule has 0 atom stereocenters. The SMILES string of the molecule is CCCOCC(=O)NCC1(CCl)CC1. The number of halogens is 1. The van der Waals surface area contributed by atoms with Crippen LogP contribution in [-0.2, 0) is 9.53 Å². The smallest absolute Gasteiger partial charge is 0.246 e. The Bertz CT molecular complexity index is 193. The van der Waals surface area contributed by atoms with Crippen LogP contribution in [0, 0.1) is 5.41 Å². The first-order valence-corrected chi connectivity index (χ1v) is 5.66. The Morgan fingerprint density at radius 1 is 1.57 bits per heavy atom. The molecule has 4 heteroatoms. The fourth-order valence-electron chi connectivity index (χ4n) is 1.18. The van der Waals surface area contributed by atoms with Crippen LogP contribution in [0.5, 0.6) is 0 Å². The Morgan fingerprint density at radius 2 is 2.29 bits per heavy atom. The van der Waals surface area contributed by atoms with E-state index in [1.54, 1.807) is 0 Å². The van der Waals surface area contributed by atoms with E-state index in [0.29, 0.717) is 19.0 Å². The fourth-order valence-corrected chi connectivity index (χ4v) is 1.54. The molecule has 1 saturated carbocycles. The van der Waals surface area contributed by atoms with Crippen molar-refractivity contribution in [3.63, 3.8) is 0 Å². The summed E-state index contributed by atoms with van der Waals surface area (Å²) in [4.78, 5) is 11.2. The quantitative estimate of drug-likeness (QED) is 0.521. The second-order valence-corrected chi connectivity index (χ2v) is 4.23. The summed E-state index contributed by atoms with van der Waals surface area (Å²) < 4.78 is 5.12. The molecule has 82 valence electrons. The van der Waals surface area contributed by atoms with E-state index in [-0.39, 0.29) is 17.9 Å². The summed E-state index contributed by atoms with van der Waals surface area (Å²) in [5, 5.41) is 2.85. The number of hydrogen-bond acceptors (Lipinski definition) is 2. The standard InChI is InChI=1S/C10H18ClNO2/c1-2-5-14-6-9(13)12-8-10(7-11)3-4-10/h2-8H2,1H3,(H,12,13). The van der Waals surface area contributed by atoms with Gasteiger partial charge in [-0.25, -0.2) is 0 Å². The normalized spacial score (nSPS) is 17.9. The number of hydrogen-bond donors (Lipinski definition) is 1. The second-order valence-electron chi connectivity index (χ2n) is 3.96. The third-order valence-corrected chi connectivity index (χ3v) is 3.05. The second kappa shape index (κ2) is 5.56. The minimum Gasteiger partial charge on any atom is -0.372 e. The van der Waals surface area contributed by atoms with Crippen LogP contribution in [0.3, 0.4) is 0 Å². The molecule has 0 heterocycles. The third kappa shape index (κ3) is 3.84. The molecule has 0 saturated heterocycles. The van der Waals surface area contributed by atoms with Crippen molar-refractivity contribution >= 4 is 17.5 Å². The molecule has 14 heavy (non-hydrogen) atoms. The number of ether oxygens (including phenoxy) is 1. The summed E-state index contributed by atoms with van der Waals surface area (Å²) in [5.74, 6) is 0.609. The monoisotopic (exact) mass is 219 g/mol. The lowest BCUT2D eigenvalue weighted by atomic mass is 10.1. The summed E-state index contributed by atoms with van der Waals surface area (Å²) in [5.41, 5.74) is 0.196. The van der Waals surface area contributed by atoms with Gasteiger partial charge in [0.05, 0.1) is 0 Å². The first-order chi connectivity index (χ1) is 6.72. The zero-order valence-corrected chi connectivity index (χ0v) is 9.40. The van der Waals surface area contributed by atoms with E-state index in [1.165, 1.54) is 0 Å². The molecule has 0 unspecified atom stereocenters. The van der Waals surface area contributed by atoms with Crippen molar-refractivity contribution in [2.24, 2.45) is 5.41 Å². The van der Waals surface area contributed by atoms with Crippen LogP contribution in [0.4, 0.5) is 0 Å². The molecule has 1 N–H and O–H groups in total. The predicted molar refractivity (Wildman–Crippen MR) is 56.5 cm³/mol. The Labute approximate surface area is 90.1 Å². The van der Waals surface area contributed by atoms with Crippen LogP contribution in [0.1, 0.15) is 26.2 Å². The molecule has 1 aliphatic carbocycles. The van der Waals surface area contributed by atoms with Crippen molar-refractivity contribution in [2.75, 3.05) is 25.6 Å². The molecule has 0 aromatic heterocycles. The van der Waals surface area contributed by atoms with Gasteiger partial charge < -0.3 is 10.1 Å². The van der Waals surface area contributed by atoms with Crippen molar-refractivity contribution in [1.82, 2.24) is 5.32 Å². The molecule has 0 bridgehead atoms. The summed E-state index contributed by atoms with van der Waals surface area (Å²) in [6.45, 7) is 3.54. The van der Waals surface area contributed by atoms with E-state index in [0.717, 1.165) is 19.3 Å². The Morgan fingerprint density at radius 3 is 2.79 bits per heavy atom. The molecule has 0 aromatic carbocycles. The lowest BCUT2D eigenvalue weighted by molar-refractivity contribution is -0.125. The highest BCUT2D eigenvalue weighted by Crippen LogP contribution is 2.45. The zero-order chi connectivity index (χ0) is 10.4. The molecule has 1 rings (SSSR count). The van der Waals surface area contributed by atoms with Gasteiger partial charge in [0.25, 0.3) is 0 Å². The maximum atomic E-state index is 11.2. The Kier molecular flexibility index (Phi) is 4.69. The lowest BCUT2D eigenvalue weighted by Crippen LogP contribution is -2.33. The van der Waals surface area contributed by atoms with Gasteiger partial charge in [0.2, 0.25) is 5.91 Å². The van der Waals surface area contributed by atoms with Gasteiger partial charge >= 0.3 is 0 Å². The van der Waals surface area contributed by atoms with Crippen LogP contribution >= 0.6 is 11.6 Å². The molecular weight excluding hydrogens is 202 g/mol.